The number of amides is 2. The second-order valence-corrected chi connectivity index (χ2v) is 9.34. The molecule has 150 valence electrons. The Balaban J connectivity index is 2.17. The van der Waals surface area contributed by atoms with Crippen LogP contribution >= 0.6 is 24.0 Å². The molecule has 1 aliphatic rings. The Hall–Kier alpha value is -2.19. The van der Waals surface area contributed by atoms with E-state index in [1.165, 1.54) is 24.3 Å². The SMILES string of the molecule is CC(NC(=O)C(C)N1C(=O)/C(=C/c2ccc(C(C)(C)C)cc2)SC1=S)C(=O)O. The molecule has 2 N–H and O–H groups in total. The fourth-order valence-corrected chi connectivity index (χ4v) is 3.98. The van der Waals surface area contributed by atoms with Gasteiger partial charge in [-0.15, -0.1) is 0 Å². The molecular formula is C20H24N2O4S2. The number of benzene rings is 1. The number of hydrogen-bond acceptors (Lipinski definition) is 5. The van der Waals surface area contributed by atoms with Gasteiger partial charge >= 0.3 is 5.97 Å². The fourth-order valence-electron chi connectivity index (χ4n) is 2.56. The third-order valence-electron chi connectivity index (χ3n) is 4.39. The highest BCUT2D eigenvalue weighted by atomic mass is 32.2. The van der Waals surface area contributed by atoms with Crippen LogP contribution in [0.5, 0.6) is 0 Å². The van der Waals surface area contributed by atoms with E-state index in [0.29, 0.717) is 4.91 Å². The molecule has 0 radical (unpaired) electrons. The largest absolute Gasteiger partial charge is 0.480 e. The van der Waals surface area contributed by atoms with Crippen molar-refractivity contribution in [3.05, 3.63) is 40.3 Å². The van der Waals surface area contributed by atoms with E-state index in [1.807, 2.05) is 24.3 Å². The van der Waals surface area contributed by atoms with Crippen LogP contribution < -0.4 is 5.32 Å². The molecule has 6 nitrogen and oxygen atoms in total. The first kappa shape index (κ1) is 22.1. The lowest BCUT2D eigenvalue weighted by Crippen LogP contribution is -2.50. The molecule has 0 aliphatic carbocycles. The summed E-state index contributed by atoms with van der Waals surface area (Å²) in [7, 11) is 0. The van der Waals surface area contributed by atoms with E-state index in [2.05, 4.69) is 26.1 Å². The van der Waals surface area contributed by atoms with Gasteiger partial charge in [-0.3, -0.25) is 19.3 Å². The smallest absolute Gasteiger partial charge is 0.325 e. The van der Waals surface area contributed by atoms with Gasteiger partial charge in [-0.05, 0) is 36.5 Å². The second kappa shape index (κ2) is 8.45. The highest BCUT2D eigenvalue weighted by Gasteiger charge is 2.38. The summed E-state index contributed by atoms with van der Waals surface area (Å²) in [5, 5.41) is 11.3. The first-order valence-electron chi connectivity index (χ1n) is 8.82. The van der Waals surface area contributed by atoms with Crippen LogP contribution in [0.1, 0.15) is 45.7 Å². The Morgan fingerprint density at radius 1 is 1.21 bits per heavy atom. The van der Waals surface area contributed by atoms with Gasteiger partial charge in [-0.1, -0.05) is 69.0 Å². The second-order valence-electron chi connectivity index (χ2n) is 7.67. The van der Waals surface area contributed by atoms with Crippen molar-refractivity contribution in [2.24, 2.45) is 0 Å². The van der Waals surface area contributed by atoms with Crippen LogP contribution in [0.15, 0.2) is 29.2 Å². The minimum Gasteiger partial charge on any atom is -0.480 e. The predicted molar refractivity (Wildman–Crippen MR) is 115 cm³/mol. The third-order valence-corrected chi connectivity index (χ3v) is 5.72. The Morgan fingerprint density at radius 3 is 2.29 bits per heavy atom. The van der Waals surface area contributed by atoms with Gasteiger partial charge in [0.1, 0.15) is 16.4 Å². The standard InChI is InChI=1S/C20H24N2O4S2/c1-11(18(25)26)21-16(23)12(2)22-17(24)15(28-19(22)27)10-13-6-8-14(9-7-13)20(3,4)5/h6-12H,1-5H3,(H,21,23)(H,25,26)/b15-10-. The van der Waals surface area contributed by atoms with E-state index in [1.54, 1.807) is 6.08 Å². The van der Waals surface area contributed by atoms with Gasteiger partial charge in [0, 0.05) is 0 Å². The first-order valence-corrected chi connectivity index (χ1v) is 10.0. The van der Waals surface area contributed by atoms with Gasteiger partial charge in [0.2, 0.25) is 5.91 Å². The molecule has 1 aromatic carbocycles. The van der Waals surface area contributed by atoms with Crippen LogP contribution in [-0.4, -0.2) is 44.2 Å². The first-order chi connectivity index (χ1) is 12.9. The topological polar surface area (TPSA) is 86.7 Å². The number of thiocarbonyl (C=S) groups is 1. The average molecular weight is 421 g/mol. The van der Waals surface area contributed by atoms with Gasteiger partial charge < -0.3 is 10.4 Å². The lowest BCUT2D eigenvalue weighted by atomic mass is 9.87. The molecule has 28 heavy (non-hydrogen) atoms. The highest BCUT2D eigenvalue weighted by Crippen LogP contribution is 2.34. The van der Waals surface area contributed by atoms with Crippen molar-refractivity contribution in [1.82, 2.24) is 10.2 Å². The maximum atomic E-state index is 12.8. The van der Waals surface area contributed by atoms with Gasteiger partial charge in [0.25, 0.3) is 5.91 Å². The van der Waals surface area contributed by atoms with Gasteiger partial charge in [-0.2, -0.15) is 0 Å². The monoisotopic (exact) mass is 420 g/mol. The van der Waals surface area contributed by atoms with Crippen LogP contribution in [-0.2, 0) is 19.8 Å². The van der Waals surface area contributed by atoms with E-state index >= 15 is 0 Å². The van der Waals surface area contributed by atoms with Crippen molar-refractivity contribution in [1.29, 1.82) is 0 Å². The number of thioether (sulfide) groups is 1. The molecule has 1 heterocycles. The molecule has 8 heteroatoms. The van der Waals surface area contributed by atoms with Crippen LogP contribution in [0.3, 0.4) is 0 Å². The van der Waals surface area contributed by atoms with E-state index in [4.69, 9.17) is 17.3 Å². The average Bonchev–Trinajstić information content (AvgIpc) is 2.87. The number of rotatable bonds is 5. The number of carbonyl (C=O) groups is 3. The normalized spacial score (nSPS) is 18.3. The van der Waals surface area contributed by atoms with E-state index < -0.39 is 24.0 Å². The number of carboxylic acids is 1. The molecule has 2 unspecified atom stereocenters. The van der Waals surface area contributed by atoms with Crippen LogP contribution in [0.25, 0.3) is 6.08 Å². The summed E-state index contributed by atoms with van der Waals surface area (Å²) in [5.41, 5.74) is 2.10. The van der Waals surface area contributed by atoms with Crippen LogP contribution in [0, 0.1) is 0 Å². The highest BCUT2D eigenvalue weighted by molar-refractivity contribution is 8.26. The van der Waals surface area contributed by atoms with Gasteiger partial charge in [0.15, 0.2) is 0 Å². The summed E-state index contributed by atoms with van der Waals surface area (Å²) >= 11 is 6.40. The summed E-state index contributed by atoms with van der Waals surface area (Å²) < 4.78 is 0.271. The van der Waals surface area contributed by atoms with Gasteiger partial charge in [0.05, 0.1) is 4.91 Å². The maximum Gasteiger partial charge on any atom is 0.325 e. The number of hydrogen-bond donors (Lipinski definition) is 2. The number of nitrogens with zero attached hydrogens (tertiary/aromatic N) is 1. The summed E-state index contributed by atoms with van der Waals surface area (Å²) in [6.07, 6.45) is 1.75. The molecule has 0 saturated carbocycles. The molecular weight excluding hydrogens is 396 g/mol. The van der Waals surface area contributed by atoms with E-state index in [0.717, 1.165) is 17.3 Å². The summed E-state index contributed by atoms with van der Waals surface area (Å²) in [6, 6.07) is 5.98. The van der Waals surface area contributed by atoms with Crippen molar-refractivity contribution in [3.8, 4) is 0 Å². The maximum absolute atomic E-state index is 12.8. The molecule has 0 spiro atoms. The molecule has 0 aromatic heterocycles. The summed E-state index contributed by atoms with van der Waals surface area (Å²) in [6.45, 7) is 9.27. The minimum atomic E-state index is -1.15. The summed E-state index contributed by atoms with van der Waals surface area (Å²) in [5.74, 6) is -2.08. The van der Waals surface area contributed by atoms with Crippen molar-refractivity contribution in [2.75, 3.05) is 0 Å². The lowest BCUT2D eigenvalue weighted by Gasteiger charge is -2.23. The Morgan fingerprint density at radius 2 is 1.79 bits per heavy atom. The van der Waals surface area contributed by atoms with Crippen LogP contribution in [0.2, 0.25) is 0 Å². The molecule has 1 saturated heterocycles. The minimum absolute atomic E-state index is 0.0395. The van der Waals surface area contributed by atoms with Crippen molar-refractivity contribution < 1.29 is 19.5 Å². The molecule has 2 amide bonds. The number of nitrogens with one attached hydrogen (secondary N) is 1. The zero-order chi connectivity index (χ0) is 21.2. The lowest BCUT2D eigenvalue weighted by molar-refractivity contribution is -0.142. The van der Waals surface area contributed by atoms with Crippen LogP contribution in [0.4, 0.5) is 0 Å². The fraction of sp³-hybridized carbons (Fsp3) is 0.400. The molecule has 1 aliphatic heterocycles. The molecule has 0 bridgehead atoms. The van der Waals surface area contributed by atoms with Crippen molar-refractivity contribution in [2.45, 2.75) is 52.1 Å². The molecule has 2 rings (SSSR count). The zero-order valence-corrected chi connectivity index (χ0v) is 18.1. The van der Waals surface area contributed by atoms with Crippen molar-refractivity contribution in [3.63, 3.8) is 0 Å². The summed E-state index contributed by atoms with van der Waals surface area (Å²) in [4.78, 5) is 37.6. The number of carboxylic acid groups (broad SMARTS) is 1. The predicted octanol–water partition coefficient (Wildman–Crippen LogP) is 3.16. The molecule has 2 atom stereocenters. The quantitative estimate of drug-likeness (QED) is 0.562. The number of aliphatic carboxylic acids is 1. The van der Waals surface area contributed by atoms with Gasteiger partial charge in [-0.25, -0.2) is 0 Å². The van der Waals surface area contributed by atoms with E-state index in [9.17, 15) is 14.4 Å². The third kappa shape index (κ3) is 4.99. The molecule has 1 aromatic rings. The Bertz CT molecular complexity index is 841. The number of carbonyl (C=O) groups excluding carboxylic acids is 2. The zero-order valence-electron chi connectivity index (χ0n) is 16.5. The van der Waals surface area contributed by atoms with E-state index in [-0.39, 0.29) is 15.6 Å². The Kier molecular flexibility index (Phi) is 6.67. The van der Waals surface area contributed by atoms with Crippen molar-refractivity contribution >= 4 is 52.2 Å². The Labute approximate surface area is 174 Å². The molecule has 1 fully saturated rings.